The molecule has 0 radical (unpaired) electrons. The summed E-state index contributed by atoms with van der Waals surface area (Å²) in [5, 5.41) is 2.74. The Kier molecular flexibility index (Phi) is 6.08. The first-order valence-corrected chi connectivity index (χ1v) is 8.90. The van der Waals surface area contributed by atoms with E-state index in [-0.39, 0.29) is 11.7 Å². The number of hydrogen-bond acceptors (Lipinski definition) is 4. The van der Waals surface area contributed by atoms with Crippen LogP contribution in [0.15, 0.2) is 48.5 Å². The lowest BCUT2D eigenvalue weighted by Crippen LogP contribution is -2.36. The third-order valence-corrected chi connectivity index (χ3v) is 4.37. The minimum absolute atomic E-state index is 0.193. The van der Waals surface area contributed by atoms with Crippen LogP contribution in [0.25, 0.3) is 0 Å². The van der Waals surface area contributed by atoms with Gasteiger partial charge in [0.2, 0.25) is 0 Å². The Morgan fingerprint density at radius 1 is 1.07 bits per heavy atom. The van der Waals surface area contributed by atoms with Crippen LogP contribution in [0, 0.1) is 0 Å². The summed E-state index contributed by atoms with van der Waals surface area (Å²) < 4.78 is 48.5. The number of nitrogens with one attached hydrogen (secondary N) is 1. The van der Waals surface area contributed by atoms with Crippen molar-refractivity contribution in [2.24, 2.45) is 0 Å². The van der Waals surface area contributed by atoms with Gasteiger partial charge in [0.25, 0.3) is 5.91 Å². The molecule has 5 nitrogen and oxygen atoms in total. The number of halogens is 3. The van der Waals surface area contributed by atoms with Gasteiger partial charge >= 0.3 is 6.18 Å². The lowest BCUT2D eigenvalue weighted by atomic mass is 10.2. The summed E-state index contributed by atoms with van der Waals surface area (Å²) in [5.74, 6) is -0.197. The fourth-order valence-electron chi connectivity index (χ4n) is 2.80. The Bertz CT molecular complexity index is 786. The van der Waals surface area contributed by atoms with Crippen molar-refractivity contribution in [1.29, 1.82) is 0 Å². The van der Waals surface area contributed by atoms with Crippen molar-refractivity contribution >= 4 is 17.3 Å². The molecule has 28 heavy (non-hydrogen) atoms. The zero-order chi connectivity index (χ0) is 20.1. The second kappa shape index (κ2) is 8.52. The van der Waals surface area contributed by atoms with E-state index >= 15 is 0 Å². The van der Waals surface area contributed by atoms with Gasteiger partial charge in [0, 0.05) is 24.5 Å². The molecule has 0 aromatic heterocycles. The van der Waals surface area contributed by atoms with Gasteiger partial charge < -0.3 is 19.7 Å². The normalized spacial score (nSPS) is 15.8. The molecule has 1 atom stereocenters. The zero-order valence-electron chi connectivity index (χ0n) is 15.3. The Morgan fingerprint density at radius 2 is 1.68 bits per heavy atom. The smallest absolute Gasteiger partial charge is 0.416 e. The quantitative estimate of drug-likeness (QED) is 0.835. The highest BCUT2D eigenvalue weighted by molar-refractivity contribution is 5.94. The van der Waals surface area contributed by atoms with Gasteiger partial charge in [-0.05, 0) is 55.5 Å². The summed E-state index contributed by atoms with van der Waals surface area (Å²) in [6.45, 7) is 4.57. The van der Waals surface area contributed by atoms with Crippen LogP contribution in [-0.2, 0) is 15.7 Å². The van der Waals surface area contributed by atoms with Crippen LogP contribution in [0.1, 0.15) is 12.5 Å². The Balaban J connectivity index is 1.55. The molecular weight excluding hydrogens is 373 g/mol. The van der Waals surface area contributed by atoms with E-state index in [2.05, 4.69) is 10.2 Å². The first-order valence-electron chi connectivity index (χ1n) is 8.90. The fourth-order valence-corrected chi connectivity index (χ4v) is 2.80. The minimum atomic E-state index is -4.41. The molecule has 0 saturated carbocycles. The van der Waals surface area contributed by atoms with Crippen LogP contribution in [0.4, 0.5) is 24.5 Å². The lowest BCUT2D eigenvalue weighted by Gasteiger charge is -2.29. The number of anilines is 2. The van der Waals surface area contributed by atoms with Crippen LogP contribution in [0.3, 0.4) is 0 Å². The molecule has 1 heterocycles. The molecule has 2 aromatic carbocycles. The number of morpholine rings is 1. The van der Waals surface area contributed by atoms with Gasteiger partial charge in [-0.2, -0.15) is 13.2 Å². The second-order valence-corrected chi connectivity index (χ2v) is 6.42. The van der Waals surface area contributed by atoms with Crippen LogP contribution in [0.2, 0.25) is 0 Å². The number of hydrogen-bond donors (Lipinski definition) is 1. The molecule has 1 fully saturated rings. The average Bonchev–Trinajstić information content (AvgIpc) is 2.69. The molecule has 0 bridgehead atoms. The molecule has 1 N–H and O–H groups in total. The zero-order valence-corrected chi connectivity index (χ0v) is 15.3. The molecule has 0 spiro atoms. The summed E-state index contributed by atoms with van der Waals surface area (Å²) in [6.07, 6.45) is -5.27. The largest absolute Gasteiger partial charge is 0.481 e. The van der Waals surface area contributed by atoms with Gasteiger partial charge in [-0.25, -0.2) is 0 Å². The first-order chi connectivity index (χ1) is 13.3. The van der Waals surface area contributed by atoms with Gasteiger partial charge in [-0.3, -0.25) is 4.79 Å². The number of benzene rings is 2. The second-order valence-electron chi connectivity index (χ2n) is 6.42. The first kappa shape index (κ1) is 20.0. The van der Waals surface area contributed by atoms with Gasteiger partial charge in [-0.15, -0.1) is 0 Å². The maximum Gasteiger partial charge on any atom is 0.416 e. The molecule has 8 heteroatoms. The van der Waals surface area contributed by atoms with Crippen molar-refractivity contribution < 1.29 is 27.4 Å². The van der Waals surface area contributed by atoms with E-state index in [0.29, 0.717) is 18.9 Å². The van der Waals surface area contributed by atoms with E-state index in [0.717, 1.165) is 30.9 Å². The van der Waals surface area contributed by atoms with E-state index in [4.69, 9.17) is 9.47 Å². The molecular formula is C20H21F3N2O3. The van der Waals surface area contributed by atoms with Gasteiger partial charge in [0.1, 0.15) is 5.75 Å². The summed E-state index contributed by atoms with van der Waals surface area (Å²) in [6, 6.07) is 11.7. The van der Waals surface area contributed by atoms with Crippen molar-refractivity contribution in [3.8, 4) is 5.75 Å². The van der Waals surface area contributed by atoms with Crippen LogP contribution in [0.5, 0.6) is 5.75 Å². The molecule has 1 saturated heterocycles. The number of nitrogens with zero attached hydrogens (tertiary/aromatic N) is 1. The summed E-state index contributed by atoms with van der Waals surface area (Å²) in [5.41, 5.74) is 0.901. The third-order valence-electron chi connectivity index (χ3n) is 4.37. The lowest BCUT2D eigenvalue weighted by molar-refractivity contribution is -0.137. The molecule has 2 aromatic rings. The molecule has 150 valence electrons. The summed E-state index contributed by atoms with van der Waals surface area (Å²) in [7, 11) is 0. The van der Waals surface area contributed by atoms with Crippen molar-refractivity contribution in [2.75, 3.05) is 36.5 Å². The van der Waals surface area contributed by atoms with Crippen LogP contribution in [-0.4, -0.2) is 38.3 Å². The maximum absolute atomic E-state index is 12.6. The highest BCUT2D eigenvalue weighted by Gasteiger charge is 2.30. The van der Waals surface area contributed by atoms with Gasteiger partial charge in [0.05, 0.1) is 18.8 Å². The van der Waals surface area contributed by atoms with Crippen molar-refractivity contribution in [1.82, 2.24) is 0 Å². The predicted octanol–water partition coefficient (Wildman–Crippen LogP) is 3.95. The fraction of sp³-hybridized carbons (Fsp3) is 0.350. The van der Waals surface area contributed by atoms with Crippen LogP contribution >= 0.6 is 0 Å². The van der Waals surface area contributed by atoms with Crippen molar-refractivity contribution in [3.63, 3.8) is 0 Å². The van der Waals surface area contributed by atoms with Gasteiger partial charge in [0.15, 0.2) is 6.10 Å². The third kappa shape index (κ3) is 5.16. The summed E-state index contributed by atoms with van der Waals surface area (Å²) >= 11 is 0. The highest BCUT2D eigenvalue weighted by atomic mass is 19.4. The molecule has 1 aliphatic heterocycles. The van der Waals surface area contributed by atoms with Crippen molar-refractivity contribution in [2.45, 2.75) is 19.2 Å². The summed E-state index contributed by atoms with van der Waals surface area (Å²) in [4.78, 5) is 14.5. The van der Waals surface area contributed by atoms with Gasteiger partial charge in [-0.1, -0.05) is 0 Å². The number of alkyl halides is 3. The molecule has 1 aliphatic rings. The molecule has 3 rings (SSSR count). The topological polar surface area (TPSA) is 50.8 Å². The SMILES string of the molecule is CC(Oc1ccc(C(F)(F)F)cc1)C(=O)Nc1ccc(N2CCOCC2)cc1. The van der Waals surface area contributed by atoms with E-state index in [1.165, 1.54) is 19.1 Å². The number of amides is 1. The average molecular weight is 394 g/mol. The molecule has 1 unspecified atom stereocenters. The maximum atomic E-state index is 12.6. The van der Waals surface area contributed by atoms with Crippen LogP contribution < -0.4 is 15.0 Å². The Morgan fingerprint density at radius 3 is 2.25 bits per heavy atom. The standard InChI is InChI=1S/C20H21F3N2O3/c1-14(28-18-8-2-15(3-9-18)20(21,22)23)19(26)24-16-4-6-17(7-5-16)25-10-12-27-13-11-25/h2-9,14H,10-13H2,1H3,(H,24,26). The molecule has 0 aliphatic carbocycles. The van der Waals surface area contributed by atoms with E-state index in [9.17, 15) is 18.0 Å². The number of carbonyl (C=O) groups excluding carboxylic acids is 1. The van der Waals surface area contributed by atoms with E-state index in [1.807, 2.05) is 12.1 Å². The van der Waals surface area contributed by atoms with E-state index in [1.54, 1.807) is 12.1 Å². The Labute approximate surface area is 161 Å². The van der Waals surface area contributed by atoms with Crippen molar-refractivity contribution in [3.05, 3.63) is 54.1 Å². The minimum Gasteiger partial charge on any atom is -0.481 e. The highest BCUT2D eigenvalue weighted by Crippen LogP contribution is 2.30. The monoisotopic (exact) mass is 394 g/mol. The molecule has 1 amide bonds. The Hall–Kier alpha value is -2.74. The predicted molar refractivity (Wildman–Crippen MR) is 99.6 cm³/mol. The number of ether oxygens (including phenoxy) is 2. The number of carbonyl (C=O) groups is 1. The number of rotatable bonds is 5. The van der Waals surface area contributed by atoms with E-state index < -0.39 is 17.8 Å².